The number of carbonyl (C=O) groups excluding carboxylic acids is 6. The molecular weight excluding hydrogens is 750 g/mol. The van der Waals surface area contributed by atoms with Gasteiger partial charge in [-0.3, -0.25) is 33.6 Å². The zero-order valence-corrected chi connectivity index (χ0v) is 35.1. The van der Waals surface area contributed by atoms with Crippen molar-refractivity contribution in [3.8, 4) is 0 Å². The maximum atomic E-state index is 14.2. The van der Waals surface area contributed by atoms with E-state index in [0.717, 1.165) is 25.7 Å². The Kier molecular flexibility index (Phi) is 20.3. The van der Waals surface area contributed by atoms with E-state index >= 15 is 0 Å². The van der Waals surface area contributed by atoms with Crippen LogP contribution in [0.1, 0.15) is 130 Å². The molecule has 3 rings (SSSR count). The van der Waals surface area contributed by atoms with Gasteiger partial charge in [0, 0.05) is 19.5 Å². The van der Waals surface area contributed by atoms with Crippen molar-refractivity contribution < 1.29 is 48.9 Å². The fourth-order valence-electron chi connectivity index (χ4n) is 8.67. The Morgan fingerprint density at radius 3 is 1.88 bits per heavy atom. The number of carbonyl (C=O) groups is 7. The van der Waals surface area contributed by atoms with Crippen LogP contribution in [-0.2, 0) is 33.6 Å². The number of nitrogens with zero attached hydrogens (tertiary/aromatic N) is 2. The molecule has 330 valence electrons. The van der Waals surface area contributed by atoms with Crippen LogP contribution in [0.2, 0.25) is 0 Å². The first kappa shape index (κ1) is 48.5. The summed E-state index contributed by atoms with van der Waals surface area (Å²) in [5, 5.41) is 40.7. The highest BCUT2D eigenvalue weighted by Gasteiger charge is 2.42. The third-order valence-corrected chi connectivity index (χ3v) is 11.8. The van der Waals surface area contributed by atoms with Gasteiger partial charge in [0.05, 0.1) is 25.2 Å². The minimum Gasteiger partial charge on any atom is -0.481 e. The molecule has 0 spiro atoms. The first-order valence-corrected chi connectivity index (χ1v) is 21.6. The highest BCUT2D eigenvalue weighted by atomic mass is 16.4. The molecule has 58 heavy (non-hydrogen) atoms. The molecule has 17 heteroatoms. The van der Waals surface area contributed by atoms with Crippen molar-refractivity contribution in [1.82, 2.24) is 31.1 Å². The number of nitrogens with one attached hydrogen (secondary N) is 4. The Balaban J connectivity index is 1.74. The summed E-state index contributed by atoms with van der Waals surface area (Å²) in [5.41, 5.74) is 5.73. The first-order chi connectivity index (χ1) is 27.6. The third kappa shape index (κ3) is 14.8. The Labute approximate surface area is 343 Å². The lowest BCUT2D eigenvalue weighted by Gasteiger charge is -2.38. The van der Waals surface area contributed by atoms with E-state index in [2.05, 4.69) is 28.2 Å². The molecule has 2 saturated heterocycles. The van der Waals surface area contributed by atoms with Gasteiger partial charge in [0.15, 0.2) is 0 Å². The molecule has 0 aromatic rings. The van der Waals surface area contributed by atoms with Gasteiger partial charge in [0.1, 0.15) is 30.2 Å². The number of unbranched alkanes of at least 4 members (excludes halogenated alkanes) is 1. The van der Waals surface area contributed by atoms with Crippen molar-refractivity contribution in [3.05, 3.63) is 0 Å². The summed E-state index contributed by atoms with van der Waals surface area (Å²) in [6.07, 6.45) is 7.93. The van der Waals surface area contributed by atoms with Crippen molar-refractivity contribution in [2.75, 3.05) is 26.2 Å². The van der Waals surface area contributed by atoms with Crippen molar-refractivity contribution in [2.45, 2.75) is 173 Å². The Morgan fingerprint density at radius 2 is 1.29 bits per heavy atom. The minimum absolute atomic E-state index is 0.0764. The lowest BCUT2D eigenvalue weighted by atomic mass is 9.79. The number of rotatable bonds is 22. The van der Waals surface area contributed by atoms with Crippen LogP contribution in [0.25, 0.3) is 0 Å². The lowest BCUT2D eigenvalue weighted by Crippen LogP contribution is -2.61. The van der Waals surface area contributed by atoms with Crippen molar-refractivity contribution in [1.29, 1.82) is 0 Å². The summed E-state index contributed by atoms with van der Waals surface area (Å²) in [6, 6.07) is -6.61. The fraction of sp³-hybridized carbons (Fsp3) is 0.829. The van der Waals surface area contributed by atoms with E-state index in [1.807, 2.05) is 13.8 Å². The summed E-state index contributed by atoms with van der Waals surface area (Å²) >= 11 is 0. The molecule has 3 aliphatic rings. The molecule has 6 amide bonds. The van der Waals surface area contributed by atoms with Gasteiger partial charge in [-0.1, -0.05) is 52.9 Å². The molecule has 0 radical (unpaired) electrons. The third-order valence-electron chi connectivity index (χ3n) is 11.8. The molecule has 1 saturated carbocycles. The molecule has 8 atom stereocenters. The second kappa shape index (κ2) is 24.3. The zero-order valence-electron chi connectivity index (χ0n) is 35.1. The predicted molar refractivity (Wildman–Crippen MR) is 216 cm³/mol. The van der Waals surface area contributed by atoms with Gasteiger partial charge in [-0.05, 0) is 89.0 Å². The molecule has 1 unspecified atom stereocenters. The summed E-state index contributed by atoms with van der Waals surface area (Å²) in [6.45, 7) is 7.62. The number of nitrogens with two attached hydrogens (primary N) is 1. The van der Waals surface area contributed by atoms with E-state index in [9.17, 15) is 48.9 Å². The quantitative estimate of drug-likeness (QED) is 0.0713. The SMILES string of the molecule is CC(C)C[C@@H](CO)NC(=O)[C@@H](NC(=O)[C@@H]1CCCN1C(=O)[C@H](CC(=O)O)NC(=O)[C@@H]1CCCCN1C(=O)[C@H](CCCCN)NC(=O)C[C@H](C)C1CCCCC1)C(C)O. The molecule has 1 aliphatic carbocycles. The number of likely N-dealkylation sites (tertiary alicyclic amines) is 2. The average molecular weight is 822 g/mol. The van der Waals surface area contributed by atoms with Crippen LogP contribution in [0.5, 0.6) is 0 Å². The molecular formula is C41H71N7O10. The normalized spacial score (nSPS) is 21.9. The first-order valence-electron chi connectivity index (χ1n) is 21.6. The average Bonchev–Trinajstić information content (AvgIpc) is 3.68. The number of hydrogen-bond donors (Lipinski definition) is 8. The van der Waals surface area contributed by atoms with Crippen LogP contribution in [0.4, 0.5) is 0 Å². The molecule has 2 aliphatic heterocycles. The number of carboxylic acid groups (broad SMARTS) is 1. The smallest absolute Gasteiger partial charge is 0.305 e. The molecule has 3 fully saturated rings. The van der Waals surface area contributed by atoms with E-state index in [4.69, 9.17) is 5.73 Å². The van der Waals surface area contributed by atoms with E-state index < -0.39 is 84.3 Å². The summed E-state index contributed by atoms with van der Waals surface area (Å²) in [7, 11) is 0. The van der Waals surface area contributed by atoms with Crippen LogP contribution in [0, 0.1) is 17.8 Å². The van der Waals surface area contributed by atoms with E-state index in [-0.39, 0.29) is 50.3 Å². The predicted octanol–water partition coefficient (Wildman–Crippen LogP) is 0.927. The topological polar surface area (TPSA) is 261 Å². The fourth-order valence-corrected chi connectivity index (χ4v) is 8.67. The zero-order chi connectivity index (χ0) is 42.9. The van der Waals surface area contributed by atoms with Crippen LogP contribution in [0.15, 0.2) is 0 Å². The van der Waals surface area contributed by atoms with E-state index in [1.165, 1.54) is 23.1 Å². The molecule has 0 aromatic carbocycles. The Morgan fingerprint density at radius 1 is 0.707 bits per heavy atom. The van der Waals surface area contributed by atoms with Crippen molar-refractivity contribution in [2.24, 2.45) is 23.5 Å². The maximum absolute atomic E-state index is 14.2. The molecule has 2 heterocycles. The monoisotopic (exact) mass is 822 g/mol. The second-order valence-electron chi connectivity index (χ2n) is 17.1. The van der Waals surface area contributed by atoms with Crippen molar-refractivity contribution >= 4 is 41.4 Å². The van der Waals surface area contributed by atoms with Crippen LogP contribution >= 0.6 is 0 Å². The number of aliphatic carboxylic acids is 1. The number of amides is 6. The number of aliphatic hydroxyl groups excluding tert-OH is 2. The molecule has 0 aromatic heterocycles. The Bertz CT molecular complexity index is 1390. The molecule has 0 bridgehead atoms. The summed E-state index contributed by atoms with van der Waals surface area (Å²) in [5.74, 6) is -4.21. The van der Waals surface area contributed by atoms with Gasteiger partial charge >= 0.3 is 5.97 Å². The number of hydrogen-bond acceptors (Lipinski definition) is 10. The van der Waals surface area contributed by atoms with Crippen LogP contribution in [-0.4, -0.2) is 135 Å². The lowest BCUT2D eigenvalue weighted by molar-refractivity contribution is -0.149. The van der Waals surface area contributed by atoms with Gasteiger partial charge in [0.2, 0.25) is 35.4 Å². The maximum Gasteiger partial charge on any atom is 0.305 e. The molecule has 9 N–H and O–H groups in total. The van der Waals surface area contributed by atoms with Gasteiger partial charge in [-0.15, -0.1) is 0 Å². The Hall–Kier alpha value is -3.83. The van der Waals surface area contributed by atoms with Gasteiger partial charge in [0.25, 0.3) is 0 Å². The number of carboxylic acids is 1. The van der Waals surface area contributed by atoms with E-state index in [0.29, 0.717) is 63.8 Å². The summed E-state index contributed by atoms with van der Waals surface area (Å²) < 4.78 is 0. The minimum atomic E-state index is -1.57. The largest absolute Gasteiger partial charge is 0.481 e. The van der Waals surface area contributed by atoms with Crippen LogP contribution < -0.4 is 27.0 Å². The highest BCUT2D eigenvalue weighted by Crippen LogP contribution is 2.31. The number of aliphatic hydroxyl groups is 2. The van der Waals surface area contributed by atoms with Crippen molar-refractivity contribution in [3.63, 3.8) is 0 Å². The highest BCUT2D eigenvalue weighted by molar-refractivity contribution is 5.98. The van der Waals surface area contributed by atoms with Gasteiger partial charge < -0.3 is 52.1 Å². The van der Waals surface area contributed by atoms with Gasteiger partial charge in [-0.2, -0.15) is 0 Å². The number of piperidine rings is 1. The summed E-state index contributed by atoms with van der Waals surface area (Å²) in [4.78, 5) is 96.9. The second-order valence-corrected chi connectivity index (χ2v) is 17.1. The van der Waals surface area contributed by atoms with E-state index in [1.54, 1.807) is 0 Å². The van der Waals surface area contributed by atoms with Crippen LogP contribution in [0.3, 0.4) is 0 Å². The van der Waals surface area contributed by atoms with Gasteiger partial charge in [-0.25, -0.2) is 0 Å². The molecule has 17 nitrogen and oxygen atoms in total. The standard InChI is InChI=1S/C41H71N7O10/c1-25(2)21-29(24-49)43-39(56)36(27(4)50)46-38(55)33-17-12-20-48(33)41(58)31(23-35(52)53)45-37(54)32-16-9-11-19-47(32)40(57)30(15-8-10-18-42)44-34(51)22-26(3)28-13-6-5-7-14-28/h25-33,36,49-50H,5-24,42H2,1-4H3,(H,43,56)(H,44,51)(H,45,54)(H,46,55)(H,52,53)/t26-,27?,29-,30-,31-,32-,33-,36-/m0/s1.